The number of anilines is 2. The van der Waals surface area contributed by atoms with Gasteiger partial charge < -0.3 is 25.6 Å². The Labute approximate surface area is 217 Å². The van der Waals surface area contributed by atoms with Gasteiger partial charge in [0.25, 0.3) is 0 Å². The minimum absolute atomic E-state index is 0.0997. The third-order valence-corrected chi connectivity index (χ3v) is 5.98. The molecule has 0 aliphatic rings. The average Bonchev–Trinajstić information content (AvgIpc) is 3.26. The second kappa shape index (κ2) is 10.9. The highest BCUT2D eigenvalue weighted by Gasteiger charge is 2.19. The summed E-state index contributed by atoms with van der Waals surface area (Å²) in [4.78, 5) is 13.3. The first kappa shape index (κ1) is 26.0. The van der Waals surface area contributed by atoms with Crippen LogP contribution in [0, 0.1) is 18.2 Å². The minimum atomic E-state index is -0.986. The number of benzene rings is 2. The fourth-order valence-corrected chi connectivity index (χ4v) is 4.06. The maximum atomic E-state index is 14.2. The van der Waals surface area contributed by atoms with E-state index < -0.39 is 11.4 Å². The predicted octanol–water partition coefficient (Wildman–Crippen LogP) is 4.93. The Morgan fingerprint density at radius 2 is 1.84 bits per heavy atom. The van der Waals surface area contributed by atoms with Gasteiger partial charge in [-0.3, -0.25) is 5.41 Å². The van der Waals surface area contributed by atoms with Crippen LogP contribution in [0.15, 0.2) is 55.0 Å². The van der Waals surface area contributed by atoms with Crippen LogP contribution in [0.3, 0.4) is 0 Å². The van der Waals surface area contributed by atoms with Gasteiger partial charge in [0.05, 0.1) is 26.8 Å². The number of nitrogens with one attached hydrogen (secondary N) is 2. The lowest BCUT2D eigenvalue weighted by Gasteiger charge is -2.20. The molecule has 192 valence electrons. The zero-order chi connectivity index (χ0) is 26.6. The molecule has 4 aromatic rings. The van der Waals surface area contributed by atoms with Crippen molar-refractivity contribution in [1.82, 2.24) is 15.0 Å². The molecule has 0 amide bonds. The maximum absolute atomic E-state index is 14.2. The van der Waals surface area contributed by atoms with E-state index in [1.54, 1.807) is 50.4 Å². The Hall–Kier alpha value is -4.09. The Morgan fingerprint density at radius 3 is 2.51 bits per heavy atom. The van der Waals surface area contributed by atoms with Crippen LogP contribution in [0.1, 0.15) is 34.9 Å². The fraction of sp³-hybridized carbons (Fsp3) is 0.231. The van der Waals surface area contributed by atoms with E-state index in [0.29, 0.717) is 28.4 Å². The molecule has 4 rings (SSSR count). The van der Waals surface area contributed by atoms with Crippen LogP contribution in [0.2, 0.25) is 0 Å². The van der Waals surface area contributed by atoms with Gasteiger partial charge in [0.2, 0.25) is 0 Å². The van der Waals surface area contributed by atoms with Crippen molar-refractivity contribution in [2.24, 2.45) is 0 Å². The van der Waals surface area contributed by atoms with E-state index >= 15 is 0 Å². The Morgan fingerprint density at radius 1 is 1.11 bits per heavy atom. The summed E-state index contributed by atoms with van der Waals surface area (Å²) < 4.78 is 25.7. The number of halogens is 1. The summed E-state index contributed by atoms with van der Waals surface area (Å²) in [5, 5.41) is 22.7. The zero-order valence-corrected chi connectivity index (χ0v) is 21.4. The average molecular weight is 523 g/mol. The largest absolute Gasteiger partial charge is 0.488 e. The van der Waals surface area contributed by atoms with E-state index in [1.165, 1.54) is 29.8 Å². The summed E-state index contributed by atoms with van der Waals surface area (Å²) in [6.45, 7) is 5.71. The number of hydrogen-bond donors (Lipinski definition) is 4. The number of nitrogens with two attached hydrogens (primary N) is 1. The predicted molar refractivity (Wildman–Crippen MR) is 141 cm³/mol. The number of nitrogen functional groups attached to an aromatic ring is 1. The smallest absolute Gasteiger partial charge is 0.141 e. The number of thiazole rings is 1. The summed E-state index contributed by atoms with van der Waals surface area (Å²) in [5.74, 6) is 1.06. The van der Waals surface area contributed by atoms with Gasteiger partial charge in [-0.05, 0) is 45.0 Å². The fourth-order valence-electron chi connectivity index (χ4n) is 3.36. The topological polar surface area (TPSA) is 139 Å². The van der Waals surface area contributed by atoms with Crippen LogP contribution < -0.4 is 20.5 Å². The monoisotopic (exact) mass is 522 g/mol. The second-order valence-corrected chi connectivity index (χ2v) is 10.2. The van der Waals surface area contributed by atoms with Crippen molar-refractivity contribution in [2.75, 3.05) is 17.6 Å². The second-order valence-electron chi connectivity index (χ2n) is 8.91. The van der Waals surface area contributed by atoms with Crippen molar-refractivity contribution in [3.63, 3.8) is 0 Å². The van der Waals surface area contributed by atoms with Gasteiger partial charge in [-0.25, -0.2) is 19.3 Å². The third kappa shape index (κ3) is 6.99. The molecule has 0 saturated heterocycles. The highest BCUT2D eigenvalue weighted by Crippen LogP contribution is 2.29. The molecular formula is C26H27FN6O3S. The van der Waals surface area contributed by atoms with Crippen LogP contribution in [-0.4, -0.2) is 37.9 Å². The summed E-state index contributed by atoms with van der Waals surface area (Å²) in [7, 11) is 0. The molecule has 0 bridgehead atoms. The number of ether oxygens (including phenoxy) is 2. The van der Waals surface area contributed by atoms with Gasteiger partial charge in [0.15, 0.2) is 0 Å². The van der Waals surface area contributed by atoms with Crippen LogP contribution in [0.5, 0.6) is 17.2 Å². The molecule has 2 aromatic heterocycles. The van der Waals surface area contributed by atoms with Gasteiger partial charge in [-0.1, -0.05) is 0 Å². The summed E-state index contributed by atoms with van der Waals surface area (Å²) in [6, 6.07) is 10.9. The first-order valence-corrected chi connectivity index (χ1v) is 12.2. The first-order chi connectivity index (χ1) is 17.6. The normalized spacial score (nSPS) is 11.3. The molecular weight excluding hydrogens is 495 g/mol. The van der Waals surface area contributed by atoms with Crippen molar-refractivity contribution in [3.05, 3.63) is 81.8 Å². The van der Waals surface area contributed by atoms with Gasteiger partial charge in [0.1, 0.15) is 47.6 Å². The number of aromatic nitrogens is 3. The van der Waals surface area contributed by atoms with Crippen molar-refractivity contribution in [1.29, 1.82) is 5.41 Å². The van der Waals surface area contributed by atoms with Gasteiger partial charge >= 0.3 is 0 Å². The van der Waals surface area contributed by atoms with Crippen molar-refractivity contribution in [3.8, 4) is 17.2 Å². The minimum Gasteiger partial charge on any atom is -0.488 e. The molecule has 0 unspecified atom stereocenters. The van der Waals surface area contributed by atoms with E-state index in [4.69, 9.17) is 20.6 Å². The molecule has 9 nitrogen and oxygen atoms in total. The number of nitrogens with zero attached hydrogens (tertiary/aromatic N) is 3. The Kier molecular flexibility index (Phi) is 7.65. The van der Waals surface area contributed by atoms with Crippen molar-refractivity contribution in [2.45, 2.75) is 33.0 Å². The summed E-state index contributed by atoms with van der Waals surface area (Å²) in [6.07, 6.45) is 3.03. The van der Waals surface area contributed by atoms with Gasteiger partial charge in [-0.15, -0.1) is 11.3 Å². The molecule has 5 N–H and O–H groups in total. The highest BCUT2D eigenvalue weighted by molar-refractivity contribution is 7.11. The quantitative estimate of drug-likeness (QED) is 0.215. The maximum Gasteiger partial charge on any atom is 0.141 e. The van der Waals surface area contributed by atoms with E-state index in [9.17, 15) is 9.50 Å². The third-order valence-electron chi connectivity index (χ3n) is 5.09. The number of rotatable bonds is 10. The van der Waals surface area contributed by atoms with Crippen LogP contribution >= 0.6 is 11.3 Å². The molecule has 0 saturated carbocycles. The molecule has 0 atom stereocenters. The lowest BCUT2D eigenvalue weighted by Crippen LogP contribution is -2.30. The van der Waals surface area contributed by atoms with E-state index in [1.807, 2.05) is 6.92 Å². The summed E-state index contributed by atoms with van der Waals surface area (Å²) in [5.41, 5.74) is 6.03. The zero-order valence-electron chi connectivity index (χ0n) is 20.6. The molecule has 37 heavy (non-hydrogen) atoms. The van der Waals surface area contributed by atoms with Gasteiger partial charge in [0, 0.05) is 36.5 Å². The molecule has 11 heteroatoms. The lowest BCUT2D eigenvalue weighted by molar-refractivity contribution is 0.0944. The molecule has 2 aromatic carbocycles. The van der Waals surface area contributed by atoms with Crippen molar-refractivity contribution < 1.29 is 19.0 Å². The van der Waals surface area contributed by atoms with Gasteiger partial charge in [-0.2, -0.15) is 0 Å². The molecule has 0 aliphatic carbocycles. The van der Waals surface area contributed by atoms with E-state index in [2.05, 4.69) is 20.3 Å². The highest BCUT2D eigenvalue weighted by atomic mass is 32.1. The lowest BCUT2D eigenvalue weighted by atomic mass is 10.0. The molecule has 0 aliphatic heterocycles. The number of hydrogen-bond acceptors (Lipinski definition) is 10. The Bertz CT molecular complexity index is 1400. The van der Waals surface area contributed by atoms with E-state index in [-0.39, 0.29) is 30.4 Å². The van der Waals surface area contributed by atoms with Crippen LogP contribution in [-0.2, 0) is 6.61 Å². The number of aliphatic hydroxyl groups is 1. The van der Waals surface area contributed by atoms with Crippen LogP contribution in [0.25, 0.3) is 0 Å². The van der Waals surface area contributed by atoms with Crippen molar-refractivity contribution >= 4 is 28.7 Å². The number of aryl methyl sites for hydroxylation is 1. The Balaban J connectivity index is 1.47. The molecule has 0 fully saturated rings. The SMILES string of the molecule is Cc1ncc(COc2cc(F)cc(Oc3ccc(C(=N)c4c(N)ncnc4NCC(C)(C)O)cc3)c2)s1. The first-order valence-electron chi connectivity index (χ1n) is 11.4. The molecule has 2 heterocycles. The van der Waals surface area contributed by atoms with Crippen LogP contribution in [0.4, 0.5) is 16.0 Å². The standard InChI is InChI=1S/C26H27FN6O3S/c1-15-30-11-21(37-15)12-35-19-8-17(27)9-20(10-19)36-18-6-4-16(5-7-18)23(28)22-24(29)32-14-33-25(22)31-13-26(2,3)34/h4-11,14,28,34H,12-13H2,1-3H3,(H3,29,31,32,33). The summed E-state index contributed by atoms with van der Waals surface area (Å²) >= 11 is 1.52. The molecule has 0 spiro atoms. The van der Waals surface area contributed by atoms with E-state index in [0.717, 1.165) is 9.88 Å². The molecule has 0 radical (unpaired) electrons.